The second kappa shape index (κ2) is 3.83. The van der Waals surface area contributed by atoms with Gasteiger partial charge in [-0.2, -0.15) is 13.2 Å². The normalized spacial score (nSPS) is 11.8. The van der Waals surface area contributed by atoms with Crippen molar-refractivity contribution in [3.8, 4) is 11.4 Å². The van der Waals surface area contributed by atoms with E-state index in [0.29, 0.717) is 0 Å². The van der Waals surface area contributed by atoms with Gasteiger partial charge in [-0.15, -0.1) is 0 Å². The molecule has 0 spiro atoms. The van der Waals surface area contributed by atoms with Crippen LogP contribution in [0.3, 0.4) is 0 Å². The van der Waals surface area contributed by atoms with E-state index in [0.717, 1.165) is 12.1 Å². The van der Waals surface area contributed by atoms with E-state index in [1.54, 1.807) is 6.07 Å². The molecule has 0 bridgehead atoms. The molecular weight excluding hydrogens is 241 g/mol. The van der Waals surface area contributed by atoms with Crippen molar-refractivity contribution in [1.82, 2.24) is 9.97 Å². The van der Waals surface area contributed by atoms with Crippen molar-refractivity contribution in [3.63, 3.8) is 0 Å². The van der Waals surface area contributed by atoms with Gasteiger partial charge in [0.2, 0.25) is 0 Å². The lowest BCUT2D eigenvalue weighted by Crippen LogP contribution is -2.08. The van der Waals surface area contributed by atoms with Crippen LogP contribution in [0.25, 0.3) is 11.4 Å². The summed E-state index contributed by atoms with van der Waals surface area (Å²) in [4.78, 5) is 6.37. The Morgan fingerprint density at radius 2 is 1.94 bits per heavy atom. The van der Waals surface area contributed by atoms with Gasteiger partial charge in [-0.25, -0.2) is 4.98 Å². The first-order valence-corrected chi connectivity index (χ1v) is 4.74. The number of halogens is 4. The lowest BCUT2D eigenvalue weighted by molar-refractivity contribution is -0.137. The molecule has 0 fully saturated rings. The van der Waals surface area contributed by atoms with Gasteiger partial charge in [0.25, 0.3) is 0 Å². The summed E-state index contributed by atoms with van der Waals surface area (Å²) in [5, 5.41) is 0.0256. The minimum absolute atomic E-state index is 0.0256. The number of aromatic amines is 1. The molecular formula is C10H6ClF3N2. The molecule has 0 aliphatic heterocycles. The van der Waals surface area contributed by atoms with Crippen molar-refractivity contribution in [3.05, 3.63) is 41.2 Å². The van der Waals surface area contributed by atoms with Crippen LogP contribution in [0.4, 0.5) is 13.2 Å². The van der Waals surface area contributed by atoms with Crippen molar-refractivity contribution in [2.45, 2.75) is 6.18 Å². The average molecular weight is 247 g/mol. The van der Waals surface area contributed by atoms with Gasteiger partial charge < -0.3 is 4.98 Å². The van der Waals surface area contributed by atoms with Crippen molar-refractivity contribution < 1.29 is 13.2 Å². The molecule has 0 atom stereocenters. The highest BCUT2D eigenvalue weighted by atomic mass is 35.5. The predicted octanol–water partition coefficient (Wildman–Crippen LogP) is 3.75. The fourth-order valence-electron chi connectivity index (χ4n) is 1.35. The molecule has 1 N–H and O–H groups in total. The van der Waals surface area contributed by atoms with Crippen LogP contribution in [0.5, 0.6) is 0 Å². The Morgan fingerprint density at radius 3 is 2.50 bits per heavy atom. The summed E-state index contributed by atoms with van der Waals surface area (Å²) >= 11 is 5.59. The summed E-state index contributed by atoms with van der Waals surface area (Å²) < 4.78 is 38.0. The number of alkyl halides is 3. The summed E-state index contributed by atoms with van der Waals surface area (Å²) in [5.74, 6) is 0. The van der Waals surface area contributed by atoms with Crippen LogP contribution in [-0.4, -0.2) is 9.97 Å². The Bertz CT molecular complexity index is 491. The molecule has 2 aromatic heterocycles. The van der Waals surface area contributed by atoms with E-state index >= 15 is 0 Å². The number of nitrogens with one attached hydrogen (secondary N) is 1. The van der Waals surface area contributed by atoms with Crippen LogP contribution < -0.4 is 0 Å². The second-order valence-electron chi connectivity index (χ2n) is 3.11. The summed E-state index contributed by atoms with van der Waals surface area (Å²) in [6.45, 7) is 0. The third-order valence-corrected chi connectivity index (χ3v) is 2.23. The monoisotopic (exact) mass is 246 g/mol. The van der Waals surface area contributed by atoms with Gasteiger partial charge in [-0.3, -0.25) is 0 Å². The average Bonchev–Trinajstić information content (AvgIpc) is 2.68. The number of aromatic nitrogens is 2. The van der Waals surface area contributed by atoms with Gasteiger partial charge in [-0.1, -0.05) is 11.6 Å². The molecule has 16 heavy (non-hydrogen) atoms. The first-order valence-electron chi connectivity index (χ1n) is 4.36. The number of nitrogens with zero attached hydrogens (tertiary/aromatic N) is 1. The maximum absolute atomic E-state index is 12.7. The zero-order chi connectivity index (χ0) is 11.8. The zero-order valence-corrected chi connectivity index (χ0v) is 8.60. The van der Waals surface area contributed by atoms with Crippen LogP contribution in [-0.2, 0) is 6.18 Å². The maximum atomic E-state index is 12.7. The smallest absolute Gasteiger partial charge is 0.360 e. The zero-order valence-electron chi connectivity index (χ0n) is 7.85. The Labute approximate surface area is 94.1 Å². The van der Waals surface area contributed by atoms with Crippen molar-refractivity contribution >= 4 is 11.6 Å². The molecule has 84 valence electrons. The quantitative estimate of drug-likeness (QED) is 0.763. The Kier molecular flexibility index (Phi) is 2.63. The molecule has 0 aliphatic carbocycles. The lowest BCUT2D eigenvalue weighted by Gasteiger charge is -2.10. The summed E-state index contributed by atoms with van der Waals surface area (Å²) in [7, 11) is 0. The molecule has 0 saturated heterocycles. The Hall–Kier alpha value is -1.49. The number of hydrogen-bond donors (Lipinski definition) is 1. The minimum Gasteiger partial charge on any atom is -0.360 e. The fourth-order valence-corrected chi connectivity index (χ4v) is 1.49. The Morgan fingerprint density at radius 1 is 1.19 bits per heavy atom. The van der Waals surface area contributed by atoms with E-state index in [1.807, 2.05) is 0 Å². The first kappa shape index (κ1) is 11.0. The fraction of sp³-hybridized carbons (Fsp3) is 0.100. The van der Waals surface area contributed by atoms with E-state index < -0.39 is 11.7 Å². The van der Waals surface area contributed by atoms with Crippen LogP contribution in [0.1, 0.15) is 5.56 Å². The van der Waals surface area contributed by atoms with Gasteiger partial charge >= 0.3 is 6.18 Å². The van der Waals surface area contributed by atoms with Crippen LogP contribution in [0, 0.1) is 0 Å². The molecule has 6 heteroatoms. The van der Waals surface area contributed by atoms with Gasteiger partial charge in [0, 0.05) is 6.20 Å². The van der Waals surface area contributed by atoms with Crippen molar-refractivity contribution in [2.75, 3.05) is 0 Å². The summed E-state index contributed by atoms with van der Waals surface area (Å²) in [6.07, 6.45) is -2.92. The highest BCUT2D eigenvalue weighted by Crippen LogP contribution is 2.35. The van der Waals surface area contributed by atoms with Crippen molar-refractivity contribution in [1.29, 1.82) is 0 Å². The minimum atomic E-state index is -4.45. The van der Waals surface area contributed by atoms with E-state index in [9.17, 15) is 13.2 Å². The van der Waals surface area contributed by atoms with E-state index in [1.165, 1.54) is 12.3 Å². The molecule has 2 aromatic rings. The molecule has 0 radical (unpaired) electrons. The Balaban J connectivity index is 2.63. The van der Waals surface area contributed by atoms with Crippen molar-refractivity contribution in [2.24, 2.45) is 0 Å². The second-order valence-corrected chi connectivity index (χ2v) is 3.50. The number of hydrogen-bond acceptors (Lipinski definition) is 1. The summed E-state index contributed by atoms with van der Waals surface area (Å²) in [6, 6.07) is 5.15. The van der Waals surface area contributed by atoms with Crippen LogP contribution in [0.2, 0.25) is 5.15 Å². The largest absolute Gasteiger partial charge is 0.418 e. The van der Waals surface area contributed by atoms with Crippen LogP contribution in [0.15, 0.2) is 30.5 Å². The number of rotatable bonds is 1. The first-order chi connectivity index (χ1) is 7.48. The molecule has 2 nitrogen and oxygen atoms in total. The molecule has 2 heterocycles. The van der Waals surface area contributed by atoms with Gasteiger partial charge in [-0.05, 0) is 24.3 Å². The highest BCUT2D eigenvalue weighted by Gasteiger charge is 2.34. The van der Waals surface area contributed by atoms with E-state index in [4.69, 9.17) is 11.6 Å². The molecule has 0 aliphatic rings. The SMILES string of the molecule is FC(F)(F)c1ccc(Cl)nc1-c1ccc[nH]1. The molecule has 2 rings (SSSR count). The van der Waals surface area contributed by atoms with Gasteiger partial charge in [0.15, 0.2) is 0 Å². The topological polar surface area (TPSA) is 28.7 Å². The number of H-pyrrole nitrogens is 1. The predicted molar refractivity (Wildman–Crippen MR) is 54.0 cm³/mol. The molecule has 0 amide bonds. The molecule has 0 unspecified atom stereocenters. The highest BCUT2D eigenvalue weighted by molar-refractivity contribution is 6.29. The standard InChI is InChI=1S/C10H6ClF3N2/c11-8-4-3-6(10(12,13)14)9(16-8)7-2-1-5-15-7/h1-5,15H. The van der Waals surface area contributed by atoms with Gasteiger partial charge in [0.1, 0.15) is 10.8 Å². The van der Waals surface area contributed by atoms with E-state index in [2.05, 4.69) is 9.97 Å². The van der Waals surface area contributed by atoms with E-state index in [-0.39, 0.29) is 16.5 Å². The van der Waals surface area contributed by atoms with Crippen LogP contribution >= 0.6 is 11.6 Å². The third kappa shape index (κ3) is 2.04. The van der Waals surface area contributed by atoms with Gasteiger partial charge in [0.05, 0.1) is 11.3 Å². The number of pyridine rings is 1. The molecule has 0 saturated carbocycles. The summed E-state index contributed by atoms with van der Waals surface area (Å²) in [5.41, 5.74) is -0.709. The lowest BCUT2D eigenvalue weighted by atomic mass is 10.1. The maximum Gasteiger partial charge on any atom is 0.418 e. The third-order valence-electron chi connectivity index (χ3n) is 2.02. The molecule has 0 aromatic carbocycles.